The van der Waals surface area contributed by atoms with Gasteiger partial charge in [-0.3, -0.25) is 0 Å². The van der Waals surface area contributed by atoms with Gasteiger partial charge in [0, 0.05) is 16.3 Å². The van der Waals surface area contributed by atoms with Gasteiger partial charge in [-0.25, -0.2) is 4.39 Å². The van der Waals surface area contributed by atoms with Crippen molar-refractivity contribution in [1.29, 1.82) is 0 Å². The third-order valence-corrected chi connectivity index (χ3v) is 4.19. The van der Waals surface area contributed by atoms with Gasteiger partial charge in [0.1, 0.15) is 5.82 Å². The first-order valence-electron chi connectivity index (χ1n) is 6.90. The van der Waals surface area contributed by atoms with Crippen molar-refractivity contribution in [3.63, 3.8) is 0 Å². The van der Waals surface area contributed by atoms with E-state index in [9.17, 15) is 4.39 Å². The molecule has 0 amide bonds. The van der Waals surface area contributed by atoms with Gasteiger partial charge in [0.2, 0.25) is 0 Å². The zero-order valence-corrected chi connectivity index (χ0v) is 13.8. The number of benzene rings is 2. The van der Waals surface area contributed by atoms with Gasteiger partial charge in [-0.05, 0) is 42.7 Å². The van der Waals surface area contributed by atoms with Gasteiger partial charge in [-0.1, -0.05) is 49.2 Å². The fourth-order valence-corrected chi connectivity index (χ4v) is 2.92. The summed E-state index contributed by atoms with van der Waals surface area (Å²) in [5, 5.41) is 3.83. The molecule has 112 valence electrons. The Bertz CT molecular complexity index is 623. The van der Waals surface area contributed by atoms with Gasteiger partial charge in [0.05, 0.1) is 11.1 Å². The maximum atomic E-state index is 13.6. The van der Waals surface area contributed by atoms with E-state index in [0.29, 0.717) is 16.5 Å². The highest BCUT2D eigenvalue weighted by Gasteiger charge is 2.17. The predicted molar refractivity (Wildman–Crippen MR) is 89.0 cm³/mol. The van der Waals surface area contributed by atoms with Crippen LogP contribution in [0.1, 0.15) is 43.9 Å². The highest BCUT2D eigenvalue weighted by atomic mass is 35.5. The van der Waals surface area contributed by atoms with Gasteiger partial charge in [-0.15, -0.1) is 0 Å². The first-order valence-corrected chi connectivity index (χ1v) is 7.65. The Kier molecular flexibility index (Phi) is 5.13. The molecule has 0 spiro atoms. The molecule has 2 aromatic carbocycles. The van der Waals surface area contributed by atoms with Gasteiger partial charge < -0.3 is 5.32 Å². The van der Waals surface area contributed by atoms with Crippen molar-refractivity contribution in [2.45, 2.75) is 32.7 Å². The summed E-state index contributed by atoms with van der Waals surface area (Å²) in [4.78, 5) is 0. The third kappa shape index (κ3) is 3.69. The van der Waals surface area contributed by atoms with Crippen LogP contribution in [0.5, 0.6) is 0 Å². The maximum absolute atomic E-state index is 13.6. The molecule has 1 nitrogen and oxygen atoms in total. The summed E-state index contributed by atoms with van der Waals surface area (Å²) in [7, 11) is 0. The Morgan fingerprint density at radius 3 is 2.14 bits per heavy atom. The number of rotatable bonds is 4. The van der Waals surface area contributed by atoms with Crippen LogP contribution in [0.4, 0.5) is 10.1 Å². The largest absolute Gasteiger partial charge is 0.378 e. The van der Waals surface area contributed by atoms with Crippen LogP contribution in [0.15, 0.2) is 36.4 Å². The summed E-state index contributed by atoms with van der Waals surface area (Å²) in [6.45, 7) is 6.21. The van der Waals surface area contributed by atoms with Crippen LogP contribution in [-0.2, 0) is 0 Å². The average Bonchev–Trinajstić information content (AvgIpc) is 2.44. The molecule has 21 heavy (non-hydrogen) atoms. The highest BCUT2D eigenvalue weighted by molar-refractivity contribution is 6.36. The quantitative estimate of drug-likeness (QED) is 0.638. The fraction of sp³-hybridized carbons (Fsp3) is 0.294. The van der Waals surface area contributed by atoms with E-state index in [1.54, 1.807) is 0 Å². The van der Waals surface area contributed by atoms with E-state index < -0.39 is 5.82 Å². The fourth-order valence-electron chi connectivity index (χ4n) is 2.23. The van der Waals surface area contributed by atoms with Crippen molar-refractivity contribution in [3.8, 4) is 0 Å². The summed E-state index contributed by atoms with van der Waals surface area (Å²) >= 11 is 12.2. The van der Waals surface area contributed by atoms with Crippen LogP contribution in [0.2, 0.25) is 10.0 Å². The normalized spacial score (nSPS) is 12.5. The Balaban J connectivity index is 2.22. The molecule has 1 atom stereocenters. The second-order valence-electron chi connectivity index (χ2n) is 5.40. The first kappa shape index (κ1) is 16.1. The van der Waals surface area contributed by atoms with Gasteiger partial charge in [0.15, 0.2) is 0 Å². The van der Waals surface area contributed by atoms with Crippen LogP contribution in [0.3, 0.4) is 0 Å². The van der Waals surface area contributed by atoms with E-state index >= 15 is 0 Å². The van der Waals surface area contributed by atoms with Crippen LogP contribution in [0, 0.1) is 5.82 Å². The molecule has 2 rings (SSSR count). The van der Waals surface area contributed by atoms with Crippen LogP contribution in [0.25, 0.3) is 0 Å². The third-order valence-electron chi connectivity index (χ3n) is 3.47. The molecule has 0 fully saturated rings. The molecule has 0 aliphatic heterocycles. The van der Waals surface area contributed by atoms with Crippen molar-refractivity contribution in [3.05, 3.63) is 63.4 Å². The molecule has 0 saturated carbocycles. The summed E-state index contributed by atoms with van der Waals surface area (Å²) < 4.78 is 13.6. The number of hydrogen-bond acceptors (Lipinski definition) is 1. The topological polar surface area (TPSA) is 12.0 Å². The Morgan fingerprint density at radius 1 is 0.952 bits per heavy atom. The number of halogens is 3. The predicted octanol–water partition coefficient (Wildman–Crippen LogP) is 6.43. The minimum Gasteiger partial charge on any atom is -0.378 e. The van der Waals surface area contributed by atoms with Gasteiger partial charge >= 0.3 is 0 Å². The highest BCUT2D eigenvalue weighted by Crippen LogP contribution is 2.34. The minimum absolute atomic E-state index is 0.0706. The maximum Gasteiger partial charge on any atom is 0.142 e. The molecular formula is C17H18Cl2FN. The molecule has 2 aromatic rings. The lowest BCUT2D eigenvalue weighted by Gasteiger charge is -2.19. The molecule has 1 unspecified atom stereocenters. The second-order valence-corrected chi connectivity index (χ2v) is 6.18. The Labute approximate surface area is 135 Å². The van der Waals surface area contributed by atoms with E-state index in [1.807, 2.05) is 19.1 Å². The van der Waals surface area contributed by atoms with Crippen LogP contribution < -0.4 is 5.32 Å². The van der Waals surface area contributed by atoms with Crippen molar-refractivity contribution < 1.29 is 4.39 Å². The van der Waals surface area contributed by atoms with Crippen molar-refractivity contribution in [2.24, 2.45) is 0 Å². The van der Waals surface area contributed by atoms with E-state index in [1.165, 1.54) is 17.7 Å². The van der Waals surface area contributed by atoms with Crippen LogP contribution >= 0.6 is 23.2 Å². The summed E-state index contributed by atoms with van der Waals surface area (Å²) in [6, 6.07) is 10.8. The molecule has 1 N–H and O–H groups in total. The molecule has 0 aromatic heterocycles. The molecule has 4 heteroatoms. The molecular weight excluding hydrogens is 308 g/mol. The van der Waals surface area contributed by atoms with Crippen molar-refractivity contribution in [2.75, 3.05) is 5.32 Å². The standard InChI is InChI=1S/C17H18Cl2FN/c1-10(2)12-4-6-13(7-5-12)21-11(3)16-14(18)8-9-15(20)17(16)19/h4-11,21H,1-3H3. The SMILES string of the molecule is CC(C)c1ccc(NC(C)c2c(Cl)ccc(F)c2Cl)cc1. The number of anilines is 1. The molecule has 0 bridgehead atoms. The second kappa shape index (κ2) is 6.67. The lowest BCUT2D eigenvalue weighted by molar-refractivity contribution is 0.624. The minimum atomic E-state index is -0.458. The van der Waals surface area contributed by atoms with Gasteiger partial charge in [-0.2, -0.15) is 0 Å². The lowest BCUT2D eigenvalue weighted by atomic mass is 10.0. The smallest absolute Gasteiger partial charge is 0.142 e. The molecule has 0 radical (unpaired) electrons. The Hall–Kier alpha value is -1.25. The molecule has 0 aliphatic rings. The van der Waals surface area contributed by atoms with E-state index in [4.69, 9.17) is 23.2 Å². The van der Waals surface area contributed by atoms with Crippen molar-refractivity contribution >= 4 is 28.9 Å². The Morgan fingerprint density at radius 2 is 1.57 bits per heavy atom. The molecule has 0 heterocycles. The first-order chi connectivity index (χ1) is 9.90. The molecule has 0 saturated heterocycles. The van der Waals surface area contributed by atoms with E-state index in [0.717, 1.165) is 5.69 Å². The van der Waals surface area contributed by atoms with E-state index in [-0.39, 0.29) is 11.1 Å². The number of nitrogens with one attached hydrogen (secondary N) is 1. The summed E-state index contributed by atoms with van der Waals surface area (Å²) in [6.07, 6.45) is 0. The summed E-state index contributed by atoms with van der Waals surface area (Å²) in [5.41, 5.74) is 2.80. The van der Waals surface area contributed by atoms with Gasteiger partial charge in [0.25, 0.3) is 0 Å². The average molecular weight is 326 g/mol. The zero-order chi connectivity index (χ0) is 15.6. The number of hydrogen-bond donors (Lipinski definition) is 1. The summed E-state index contributed by atoms with van der Waals surface area (Å²) in [5.74, 6) is 0.0310. The monoisotopic (exact) mass is 325 g/mol. The molecule has 0 aliphatic carbocycles. The van der Waals surface area contributed by atoms with E-state index in [2.05, 4.69) is 31.3 Å². The van der Waals surface area contributed by atoms with Crippen LogP contribution in [-0.4, -0.2) is 0 Å². The lowest BCUT2D eigenvalue weighted by Crippen LogP contribution is -2.08. The zero-order valence-electron chi connectivity index (χ0n) is 12.3. The van der Waals surface area contributed by atoms with Crippen molar-refractivity contribution in [1.82, 2.24) is 0 Å².